The number of hydrogen-bond acceptors (Lipinski definition) is 1. The van der Waals surface area contributed by atoms with Gasteiger partial charge < -0.3 is 0 Å². The molecule has 0 aliphatic heterocycles. The lowest BCUT2D eigenvalue weighted by Gasteiger charge is -2.03. The first-order chi connectivity index (χ1) is 7.69. The van der Waals surface area contributed by atoms with E-state index in [-0.39, 0.29) is 0 Å². The fraction of sp³-hybridized carbons (Fsp3) is 0.467. The van der Waals surface area contributed by atoms with E-state index in [4.69, 9.17) is 0 Å². The molecule has 0 unspecified atom stereocenters. The fourth-order valence-corrected chi connectivity index (χ4v) is 2.12. The van der Waals surface area contributed by atoms with Crippen LogP contribution in [-0.4, -0.2) is 0 Å². The van der Waals surface area contributed by atoms with Crippen molar-refractivity contribution < 1.29 is 0 Å². The monoisotopic (exact) mass is 234 g/mol. The first-order valence-electron chi connectivity index (χ1n) is 6.16. The normalized spacial score (nSPS) is 10.3. The van der Waals surface area contributed by atoms with Gasteiger partial charge in [0.05, 0.1) is 0 Å². The summed E-state index contributed by atoms with van der Waals surface area (Å²) in [5, 5.41) is 3.53. The van der Waals surface area contributed by atoms with Crippen molar-refractivity contribution in [2.24, 2.45) is 0 Å². The second-order valence-corrected chi connectivity index (χ2v) is 5.32. The van der Waals surface area contributed by atoms with Gasteiger partial charge in [0.2, 0.25) is 0 Å². The summed E-state index contributed by atoms with van der Waals surface area (Å²) in [5.41, 5.74) is 1.43. The highest BCUT2D eigenvalue weighted by atomic mass is 32.1. The van der Waals surface area contributed by atoms with Crippen molar-refractivity contribution >= 4 is 21.4 Å². The van der Waals surface area contributed by atoms with E-state index in [1.165, 1.54) is 28.5 Å². The lowest BCUT2D eigenvalue weighted by atomic mass is 10.0. The Labute approximate surface area is 103 Å². The number of benzene rings is 1. The van der Waals surface area contributed by atoms with Crippen molar-refractivity contribution in [2.75, 3.05) is 0 Å². The third kappa shape index (κ3) is 3.64. The minimum absolute atomic E-state index is 0.634. The molecule has 0 atom stereocenters. The molecule has 0 amide bonds. The first-order valence-corrected chi connectivity index (χ1v) is 7.04. The standard InChI is InChI=1S/C11H12S.C4H10/c1-8(2)9-3-4-11-10(7-9)5-6-12-11;1-3-4-2/h3-8H,1-2H3;3-4H2,1-2H3. The minimum Gasteiger partial charge on any atom is -0.144 e. The Morgan fingerprint density at radius 2 is 1.75 bits per heavy atom. The van der Waals surface area contributed by atoms with E-state index in [9.17, 15) is 0 Å². The van der Waals surface area contributed by atoms with Gasteiger partial charge in [0.15, 0.2) is 0 Å². The van der Waals surface area contributed by atoms with Gasteiger partial charge in [-0.25, -0.2) is 0 Å². The van der Waals surface area contributed by atoms with Gasteiger partial charge in [-0.2, -0.15) is 0 Å². The number of hydrogen-bond donors (Lipinski definition) is 0. The summed E-state index contributed by atoms with van der Waals surface area (Å²) >= 11 is 1.81. The molecule has 0 spiro atoms. The van der Waals surface area contributed by atoms with E-state index in [1.54, 1.807) is 0 Å². The zero-order valence-corrected chi connectivity index (χ0v) is 11.6. The highest BCUT2D eigenvalue weighted by molar-refractivity contribution is 7.17. The van der Waals surface area contributed by atoms with E-state index >= 15 is 0 Å². The molecule has 0 radical (unpaired) electrons. The third-order valence-corrected chi connectivity index (χ3v) is 3.54. The molecule has 1 aromatic heterocycles. The van der Waals surface area contributed by atoms with Crippen LogP contribution in [0.25, 0.3) is 10.1 Å². The molecule has 0 nitrogen and oxygen atoms in total. The Morgan fingerprint density at radius 1 is 1.06 bits per heavy atom. The Bertz CT molecular complexity index is 410. The Morgan fingerprint density at radius 3 is 2.31 bits per heavy atom. The lowest BCUT2D eigenvalue weighted by Crippen LogP contribution is -1.84. The van der Waals surface area contributed by atoms with E-state index in [2.05, 4.69) is 57.3 Å². The molecule has 1 aromatic carbocycles. The maximum atomic E-state index is 2.29. The van der Waals surface area contributed by atoms with Crippen LogP contribution in [0.5, 0.6) is 0 Å². The molecule has 0 fully saturated rings. The second kappa shape index (κ2) is 6.70. The molecule has 0 aliphatic carbocycles. The largest absolute Gasteiger partial charge is 0.144 e. The van der Waals surface area contributed by atoms with Gasteiger partial charge in [0, 0.05) is 4.70 Å². The summed E-state index contributed by atoms with van der Waals surface area (Å²) in [6.45, 7) is 8.82. The molecule has 2 rings (SSSR count). The zero-order chi connectivity index (χ0) is 12.0. The van der Waals surface area contributed by atoms with Gasteiger partial charge in [-0.15, -0.1) is 11.3 Å². The highest BCUT2D eigenvalue weighted by Crippen LogP contribution is 2.24. The van der Waals surface area contributed by atoms with E-state index < -0.39 is 0 Å². The van der Waals surface area contributed by atoms with Gasteiger partial charge in [-0.1, -0.05) is 52.7 Å². The number of fused-ring (bicyclic) bond motifs is 1. The molecule has 2 aromatic rings. The number of thiophene rings is 1. The van der Waals surface area contributed by atoms with Crippen LogP contribution in [0.2, 0.25) is 0 Å². The molecule has 88 valence electrons. The average molecular weight is 234 g/mol. The lowest BCUT2D eigenvalue weighted by molar-refractivity contribution is 0.869. The van der Waals surface area contributed by atoms with E-state index in [0.29, 0.717) is 5.92 Å². The maximum absolute atomic E-state index is 2.29. The van der Waals surface area contributed by atoms with Crippen molar-refractivity contribution in [1.82, 2.24) is 0 Å². The Kier molecular flexibility index (Phi) is 5.54. The van der Waals surface area contributed by atoms with Crippen LogP contribution >= 0.6 is 11.3 Å². The molecule has 1 heterocycles. The van der Waals surface area contributed by atoms with Crippen molar-refractivity contribution in [3.8, 4) is 0 Å². The van der Waals surface area contributed by atoms with Gasteiger partial charge in [-0.05, 0) is 34.4 Å². The molecular formula is C15H22S. The van der Waals surface area contributed by atoms with Crippen LogP contribution < -0.4 is 0 Å². The topological polar surface area (TPSA) is 0 Å². The molecule has 0 saturated heterocycles. The summed E-state index contributed by atoms with van der Waals surface area (Å²) in [6.07, 6.45) is 2.64. The fourth-order valence-electron chi connectivity index (χ4n) is 1.34. The first kappa shape index (κ1) is 13.2. The summed E-state index contributed by atoms with van der Waals surface area (Å²) in [4.78, 5) is 0. The Balaban J connectivity index is 0.000000280. The maximum Gasteiger partial charge on any atom is 0.0342 e. The summed E-state index contributed by atoms with van der Waals surface area (Å²) in [5.74, 6) is 0.634. The molecule has 1 heteroatoms. The molecule has 0 bridgehead atoms. The van der Waals surface area contributed by atoms with Crippen LogP contribution in [0, 0.1) is 0 Å². The van der Waals surface area contributed by atoms with Crippen molar-refractivity contribution in [3.63, 3.8) is 0 Å². The number of rotatable bonds is 2. The zero-order valence-electron chi connectivity index (χ0n) is 10.8. The van der Waals surface area contributed by atoms with Crippen molar-refractivity contribution in [1.29, 1.82) is 0 Å². The van der Waals surface area contributed by atoms with Gasteiger partial charge in [-0.3, -0.25) is 0 Å². The second-order valence-electron chi connectivity index (χ2n) is 4.37. The summed E-state index contributed by atoms with van der Waals surface area (Å²) in [6, 6.07) is 8.92. The average Bonchev–Trinajstić information content (AvgIpc) is 2.76. The summed E-state index contributed by atoms with van der Waals surface area (Å²) < 4.78 is 1.39. The van der Waals surface area contributed by atoms with Gasteiger partial charge in [0.25, 0.3) is 0 Å². The Hall–Kier alpha value is -0.820. The molecule has 16 heavy (non-hydrogen) atoms. The quantitative estimate of drug-likeness (QED) is 0.613. The third-order valence-electron chi connectivity index (χ3n) is 2.64. The van der Waals surface area contributed by atoms with E-state index in [1.807, 2.05) is 11.3 Å². The predicted molar refractivity (Wildman–Crippen MR) is 76.5 cm³/mol. The van der Waals surface area contributed by atoms with Gasteiger partial charge >= 0.3 is 0 Å². The SMILES string of the molecule is CC(C)c1ccc2sccc2c1.CCCC. The van der Waals surface area contributed by atoms with Crippen molar-refractivity contribution in [3.05, 3.63) is 35.2 Å². The van der Waals surface area contributed by atoms with E-state index in [0.717, 1.165) is 0 Å². The summed E-state index contributed by atoms with van der Waals surface area (Å²) in [7, 11) is 0. The van der Waals surface area contributed by atoms with Crippen LogP contribution in [0.15, 0.2) is 29.6 Å². The molecule has 0 N–H and O–H groups in total. The molecule has 0 saturated carbocycles. The molecule has 0 aliphatic rings. The van der Waals surface area contributed by atoms with Crippen LogP contribution in [0.3, 0.4) is 0 Å². The van der Waals surface area contributed by atoms with Crippen LogP contribution in [0.4, 0.5) is 0 Å². The minimum atomic E-state index is 0.634. The smallest absolute Gasteiger partial charge is 0.0342 e. The predicted octanol–water partition coefficient (Wildman–Crippen LogP) is 5.83. The van der Waals surface area contributed by atoms with Crippen LogP contribution in [0.1, 0.15) is 52.0 Å². The number of unbranched alkanes of at least 4 members (excludes halogenated alkanes) is 1. The highest BCUT2D eigenvalue weighted by Gasteiger charge is 2.00. The van der Waals surface area contributed by atoms with Crippen LogP contribution in [-0.2, 0) is 0 Å². The van der Waals surface area contributed by atoms with Crippen molar-refractivity contribution in [2.45, 2.75) is 46.5 Å². The van der Waals surface area contributed by atoms with Gasteiger partial charge in [0.1, 0.15) is 0 Å². The molecular weight excluding hydrogens is 212 g/mol.